The lowest BCUT2D eigenvalue weighted by Gasteiger charge is -2.49. The zero-order valence-corrected chi connectivity index (χ0v) is 20.6. The molecule has 0 aromatic carbocycles. The molecule has 182 valence electrons. The highest BCUT2D eigenvalue weighted by Gasteiger charge is 2.48. The highest BCUT2D eigenvalue weighted by Crippen LogP contribution is 2.39. The molecule has 0 aromatic heterocycles. The van der Waals surface area contributed by atoms with E-state index in [0.717, 1.165) is 0 Å². The van der Waals surface area contributed by atoms with E-state index in [0.29, 0.717) is 11.8 Å². The minimum absolute atomic E-state index is 0.0464. The predicted octanol–water partition coefficient (Wildman–Crippen LogP) is 3.16. The first-order valence-corrected chi connectivity index (χ1v) is 12.1. The van der Waals surface area contributed by atoms with Gasteiger partial charge in [0.25, 0.3) is 0 Å². The molecule has 0 aliphatic carbocycles. The lowest BCUT2D eigenvalue weighted by Crippen LogP contribution is -2.59. The zero-order valence-electron chi connectivity index (χ0n) is 20.6. The standard InChI is InChI=1S/C24H44O7/c1-10-11(2)16(7)28-23(14(10)5)31-21-18(9)29-24(15(6)19(21)25)30-20-12(3)13(4)22(26)27-17(20)8/h10-26H,1-9H3/t10-,11?,12+,13?,14?,15?,16?,17?,18?,19+,20-,21+,22?,23?,24?/m1/s1. The highest BCUT2D eigenvalue weighted by atomic mass is 16.7. The highest BCUT2D eigenvalue weighted by molar-refractivity contribution is 4.91. The normalized spacial score (nSPS) is 56.4. The van der Waals surface area contributed by atoms with Gasteiger partial charge in [-0.25, -0.2) is 0 Å². The Kier molecular flexibility index (Phi) is 8.11. The fourth-order valence-corrected chi connectivity index (χ4v) is 5.22. The second-order valence-corrected chi connectivity index (χ2v) is 10.5. The van der Waals surface area contributed by atoms with Crippen molar-refractivity contribution < 1.29 is 33.9 Å². The molecule has 3 aliphatic rings. The predicted molar refractivity (Wildman–Crippen MR) is 116 cm³/mol. The summed E-state index contributed by atoms with van der Waals surface area (Å²) in [6.07, 6.45) is -3.71. The van der Waals surface area contributed by atoms with Crippen LogP contribution in [-0.2, 0) is 23.7 Å². The van der Waals surface area contributed by atoms with Crippen LogP contribution in [0.1, 0.15) is 62.3 Å². The van der Waals surface area contributed by atoms with Crippen LogP contribution in [-0.4, -0.2) is 65.7 Å². The maximum Gasteiger partial charge on any atom is 0.163 e. The van der Waals surface area contributed by atoms with E-state index >= 15 is 0 Å². The van der Waals surface area contributed by atoms with Gasteiger partial charge in [-0.15, -0.1) is 0 Å². The summed E-state index contributed by atoms with van der Waals surface area (Å²) < 4.78 is 30.7. The van der Waals surface area contributed by atoms with Gasteiger partial charge in [0.05, 0.1) is 30.5 Å². The summed E-state index contributed by atoms with van der Waals surface area (Å²) >= 11 is 0. The molecule has 10 unspecified atom stereocenters. The molecule has 7 heteroatoms. The summed E-state index contributed by atoms with van der Waals surface area (Å²) in [5, 5.41) is 21.2. The Balaban J connectivity index is 1.65. The smallest absolute Gasteiger partial charge is 0.163 e. The first-order valence-electron chi connectivity index (χ1n) is 12.1. The number of rotatable bonds is 4. The van der Waals surface area contributed by atoms with Gasteiger partial charge in [0.2, 0.25) is 0 Å². The number of hydrogen-bond acceptors (Lipinski definition) is 7. The monoisotopic (exact) mass is 444 g/mol. The van der Waals surface area contributed by atoms with Crippen molar-refractivity contribution in [2.24, 2.45) is 35.5 Å². The van der Waals surface area contributed by atoms with Crippen molar-refractivity contribution in [2.75, 3.05) is 0 Å². The molecule has 3 aliphatic heterocycles. The molecule has 3 saturated heterocycles. The van der Waals surface area contributed by atoms with Crippen molar-refractivity contribution in [3.63, 3.8) is 0 Å². The van der Waals surface area contributed by atoms with Crippen LogP contribution in [0.15, 0.2) is 0 Å². The largest absolute Gasteiger partial charge is 0.390 e. The Morgan fingerprint density at radius 2 is 1.00 bits per heavy atom. The van der Waals surface area contributed by atoms with Crippen molar-refractivity contribution in [1.29, 1.82) is 0 Å². The minimum atomic E-state index is -0.790. The van der Waals surface area contributed by atoms with Crippen molar-refractivity contribution in [3.05, 3.63) is 0 Å². The molecule has 31 heavy (non-hydrogen) atoms. The fourth-order valence-electron chi connectivity index (χ4n) is 5.22. The van der Waals surface area contributed by atoms with E-state index in [2.05, 4.69) is 34.6 Å². The van der Waals surface area contributed by atoms with Crippen LogP contribution in [0.3, 0.4) is 0 Å². The van der Waals surface area contributed by atoms with Gasteiger partial charge in [-0.1, -0.05) is 41.5 Å². The van der Waals surface area contributed by atoms with Gasteiger partial charge < -0.3 is 33.9 Å². The van der Waals surface area contributed by atoms with Gasteiger partial charge in [0, 0.05) is 17.8 Å². The molecule has 3 rings (SSSR count). The first-order chi connectivity index (χ1) is 14.4. The average Bonchev–Trinajstić information content (AvgIpc) is 2.72. The van der Waals surface area contributed by atoms with Crippen molar-refractivity contribution >= 4 is 0 Å². The molecule has 3 heterocycles. The molecule has 0 spiro atoms. The van der Waals surface area contributed by atoms with Gasteiger partial charge in [-0.2, -0.15) is 0 Å². The number of aliphatic hydroxyl groups excluding tert-OH is 2. The Hall–Kier alpha value is -0.280. The van der Waals surface area contributed by atoms with E-state index in [1.54, 1.807) is 0 Å². The van der Waals surface area contributed by atoms with Crippen LogP contribution < -0.4 is 0 Å². The van der Waals surface area contributed by atoms with Crippen LogP contribution in [0, 0.1) is 35.5 Å². The van der Waals surface area contributed by atoms with Crippen LogP contribution in [0.2, 0.25) is 0 Å². The van der Waals surface area contributed by atoms with Crippen molar-refractivity contribution in [1.82, 2.24) is 0 Å². The summed E-state index contributed by atoms with van der Waals surface area (Å²) in [6, 6.07) is 0. The number of hydrogen-bond donors (Lipinski definition) is 2. The molecule has 2 N–H and O–H groups in total. The zero-order chi connectivity index (χ0) is 23.2. The summed E-state index contributed by atoms with van der Waals surface area (Å²) in [4.78, 5) is 0. The molecular formula is C24H44O7. The molecule has 0 amide bonds. The third-order valence-corrected chi connectivity index (χ3v) is 8.49. The maximum absolute atomic E-state index is 11.1. The lowest BCUT2D eigenvalue weighted by atomic mass is 9.79. The average molecular weight is 445 g/mol. The van der Waals surface area contributed by atoms with E-state index in [1.807, 2.05) is 27.7 Å². The fraction of sp³-hybridized carbons (Fsp3) is 1.00. The molecular weight excluding hydrogens is 400 g/mol. The van der Waals surface area contributed by atoms with Crippen LogP contribution in [0.25, 0.3) is 0 Å². The Morgan fingerprint density at radius 1 is 0.484 bits per heavy atom. The number of aliphatic hydroxyl groups is 2. The van der Waals surface area contributed by atoms with Gasteiger partial charge >= 0.3 is 0 Å². The van der Waals surface area contributed by atoms with Crippen LogP contribution >= 0.6 is 0 Å². The SMILES string of the molecule is CC1OC(O[C@H]2C(C)OC(O[C@H]3C(C)OC(O)C(C)[C@@H]3C)C(C)[C@@H]2O)C(C)[C@H](C)C1C. The third-order valence-electron chi connectivity index (χ3n) is 8.49. The van der Waals surface area contributed by atoms with E-state index in [4.69, 9.17) is 23.7 Å². The molecule has 0 bridgehead atoms. The molecule has 15 atom stereocenters. The number of ether oxygens (including phenoxy) is 5. The Morgan fingerprint density at radius 3 is 1.65 bits per heavy atom. The summed E-state index contributed by atoms with van der Waals surface area (Å²) in [6.45, 7) is 18.4. The molecule has 7 nitrogen and oxygen atoms in total. The van der Waals surface area contributed by atoms with Crippen molar-refractivity contribution in [3.8, 4) is 0 Å². The van der Waals surface area contributed by atoms with E-state index in [-0.39, 0.29) is 54.4 Å². The van der Waals surface area contributed by atoms with E-state index in [9.17, 15) is 10.2 Å². The maximum atomic E-state index is 11.1. The summed E-state index contributed by atoms with van der Waals surface area (Å²) in [5.41, 5.74) is 0. The first kappa shape index (κ1) is 25.3. The van der Waals surface area contributed by atoms with Crippen LogP contribution in [0.5, 0.6) is 0 Å². The van der Waals surface area contributed by atoms with Gasteiger partial charge in [-0.05, 0) is 38.5 Å². The lowest BCUT2D eigenvalue weighted by molar-refractivity contribution is -0.348. The Labute approximate surface area is 187 Å². The molecule has 0 radical (unpaired) electrons. The van der Waals surface area contributed by atoms with Crippen molar-refractivity contribution in [2.45, 2.75) is 118 Å². The van der Waals surface area contributed by atoms with E-state index < -0.39 is 24.8 Å². The van der Waals surface area contributed by atoms with Crippen LogP contribution in [0.4, 0.5) is 0 Å². The molecule has 0 aromatic rings. The van der Waals surface area contributed by atoms with Gasteiger partial charge in [0.1, 0.15) is 6.10 Å². The van der Waals surface area contributed by atoms with E-state index in [1.165, 1.54) is 0 Å². The second-order valence-electron chi connectivity index (χ2n) is 10.5. The Bertz CT molecular complexity index is 588. The molecule has 0 saturated carbocycles. The van der Waals surface area contributed by atoms with Gasteiger partial charge in [0.15, 0.2) is 18.9 Å². The van der Waals surface area contributed by atoms with Gasteiger partial charge in [-0.3, -0.25) is 0 Å². The second kappa shape index (κ2) is 9.92. The topological polar surface area (TPSA) is 86.6 Å². The third kappa shape index (κ3) is 4.98. The summed E-state index contributed by atoms with van der Waals surface area (Å²) in [5.74, 6) is 0.913. The summed E-state index contributed by atoms with van der Waals surface area (Å²) in [7, 11) is 0. The quantitative estimate of drug-likeness (QED) is 0.689. The molecule has 3 fully saturated rings. The minimum Gasteiger partial charge on any atom is -0.390 e.